The molecule has 2 rings (SSSR count). The monoisotopic (exact) mass is 435 g/mol. The lowest BCUT2D eigenvalue weighted by Gasteiger charge is -2.35. The normalized spacial score (nSPS) is 14.3. The smallest absolute Gasteiger partial charge is 0.222 e. The lowest BCUT2D eigenvalue weighted by molar-refractivity contribution is -0.133. The quantitative estimate of drug-likeness (QED) is 0.532. The molecular weight excluding hydrogens is 398 g/mol. The third-order valence-electron chi connectivity index (χ3n) is 5.80. The van der Waals surface area contributed by atoms with Crippen LogP contribution < -0.4 is 14.2 Å². The second-order valence-corrected chi connectivity index (χ2v) is 7.57. The lowest BCUT2D eigenvalue weighted by Crippen LogP contribution is -2.48. The molecule has 1 heterocycles. The molecule has 1 fully saturated rings. The minimum atomic E-state index is 0.131. The van der Waals surface area contributed by atoms with Gasteiger partial charge >= 0.3 is 0 Å². The van der Waals surface area contributed by atoms with Crippen LogP contribution in [-0.2, 0) is 16.1 Å². The van der Waals surface area contributed by atoms with E-state index in [0.717, 1.165) is 31.7 Å². The van der Waals surface area contributed by atoms with Crippen LogP contribution in [0.15, 0.2) is 12.1 Å². The van der Waals surface area contributed by atoms with Crippen LogP contribution in [0.4, 0.5) is 0 Å². The van der Waals surface area contributed by atoms with E-state index in [-0.39, 0.29) is 11.8 Å². The summed E-state index contributed by atoms with van der Waals surface area (Å²) in [7, 11) is 4.83. The van der Waals surface area contributed by atoms with Crippen molar-refractivity contribution in [2.24, 2.45) is 0 Å². The van der Waals surface area contributed by atoms with E-state index in [4.69, 9.17) is 14.2 Å². The molecule has 0 radical (unpaired) electrons. The molecule has 1 aromatic carbocycles. The van der Waals surface area contributed by atoms with E-state index in [1.54, 1.807) is 21.3 Å². The Bertz CT molecular complexity index is 728. The number of rotatable bonds is 11. The molecule has 8 nitrogen and oxygen atoms in total. The van der Waals surface area contributed by atoms with Crippen molar-refractivity contribution in [3.05, 3.63) is 17.7 Å². The summed E-state index contributed by atoms with van der Waals surface area (Å²) in [6.45, 7) is 9.07. The van der Waals surface area contributed by atoms with Gasteiger partial charge < -0.3 is 24.0 Å². The molecule has 0 saturated carbocycles. The summed E-state index contributed by atoms with van der Waals surface area (Å²) in [6.07, 6.45) is 1.47. The molecular formula is C23H37N3O5. The van der Waals surface area contributed by atoms with Crippen LogP contribution in [-0.4, -0.2) is 87.1 Å². The highest BCUT2D eigenvalue weighted by molar-refractivity contribution is 5.79. The van der Waals surface area contributed by atoms with Crippen molar-refractivity contribution in [2.75, 3.05) is 60.6 Å². The Balaban J connectivity index is 1.84. The van der Waals surface area contributed by atoms with Crippen LogP contribution in [0.3, 0.4) is 0 Å². The number of hydrogen-bond acceptors (Lipinski definition) is 6. The zero-order valence-electron chi connectivity index (χ0n) is 19.6. The molecule has 0 N–H and O–H groups in total. The molecule has 0 aliphatic carbocycles. The van der Waals surface area contributed by atoms with Gasteiger partial charge in [0.25, 0.3) is 0 Å². The highest BCUT2D eigenvalue weighted by Crippen LogP contribution is 2.40. The maximum atomic E-state index is 12.5. The highest BCUT2D eigenvalue weighted by Gasteiger charge is 2.23. The topological polar surface area (TPSA) is 71.6 Å². The predicted molar refractivity (Wildman–Crippen MR) is 120 cm³/mol. The second kappa shape index (κ2) is 12.4. The Morgan fingerprint density at radius 3 is 2.10 bits per heavy atom. The van der Waals surface area contributed by atoms with Gasteiger partial charge in [0.1, 0.15) is 0 Å². The first-order chi connectivity index (χ1) is 15.0. The Labute approximate surface area is 186 Å². The molecule has 0 atom stereocenters. The Kier molecular flexibility index (Phi) is 9.91. The Morgan fingerprint density at radius 2 is 1.55 bits per heavy atom. The van der Waals surface area contributed by atoms with E-state index < -0.39 is 0 Å². The number of ether oxygens (including phenoxy) is 3. The van der Waals surface area contributed by atoms with E-state index in [1.165, 1.54) is 0 Å². The van der Waals surface area contributed by atoms with Crippen LogP contribution in [0.25, 0.3) is 0 Å². The third kappa shape index (κ3) is 6.50. The molecule has 1 aliphatic rings. The summed E-state index contributed by atoms with van der Waals surface area (Å²) < 4.78 is 16.4. The van der Waals surface area contributed by atoms with E-state index in [9.17, 15) is 9.59 Å². The molecule has 1 aromatic rings. The summed E-state index contributed by atoms with van der Waals surface area (Å²) in [5.41, 5.74) is 1.02. The van der Waals surface area contributed by atoms with Crippen molar-refractivity contribution in [3.8, 4) is 17.2 Å². The zero-order chi connectivity index (χ0) is 22.8. The van der Waals surface area contributed by atoms with E-state index in [0.29, 0.717) is 56.1 Å². The van der Waals surface area contributed by atoms with Gasteiger partial charge in [0.05, 0.1) is 21.3 Å². The van der Waals surface area contributed by atoms with Crippen molar-refractivity contribution < 1.29 is 23.8 Å². The van der Waals surface area contributed by atoms with Crippen molar-refractivity contribution in [2.45, 2.75) is 39.7 Å². The number of carbonyl (C=O) groups is 2. The molecule has 0 bridgehead atoms. The van der Waals surface area contributed by atoms with E-state index >= 15 is 0 Å². The summed E-state index contributed by atoms with van der Waals surface area (Å²) in [4.78, 5) is 30.6. The Morgan fingerprint density at radius 1 is 0.903 bits per heavy atom. The number of methoxy groups -OCH3 is 3. The van der Waals surface area contributed by atoms with Gasteiger partial charge in [-0.15, -0.1) is 0 Å². The van der Waals surface area contributed by atoms with Gasteiger partial charge in [-0.05, 0) is 26.3 Å². The summed E-state index contributed by atoms with van der Waals surface area (Å²) in [5.74, 6) is 2.17. The molecule has 0 unspecified atom stereocenters. The van der Waals surface area contributed by atoms with Gasteiger partial charge in [0.15, 0.2) is 11.5 Å². The maximum Gasteiger partial charge on any atom is 0.222 e. The number of carbonyl (C=O) groups excluding carboxylic acids is 2. The first-order valence-electron chi connectivity index (χ1n) is 11.0. The van der Waals surface area contributed by atoms with Crippen LogP contribution in [0.2, 0.25) is 0 Å². The largest absolute Gasteiger partial charge is 0.493 e. The standard InChI is InChI=1S/C23H37N3O5/c1-6-25(7-2)20(27)9-8-10-21(28)26-15-13-24(14-16-26)17-18-11-12-19(29-3)23(31-5)22(18)30-4/h11-12H,6-10,13-17H2,1-5H3. The van der Waals surface area contributed by atoms with Crippen LogP contribution >= 0.6 is 0 Å². The molecule has 174 valence electrons. The van der Waals surface area contributed by atoms with Gasteiger partial charge in [-0.3, -0.25) is 14.5 Å². The van der Waals surface area contributed by atoms with Crippen molar-refractivity contribution >= 4 is 11.8 Å². The maximum absolute atomic E-state index is 12.5. The van der Waals surface area contributed by atoms with Crippen molar-refractivity contribution in [3.63, 3.8) is 0 Å². The summed E-state index contributed by atoms with van der Waals surface area (Å²) in [6, 6.07) is 3.88. The zero-order valence-corrected chi connectivity index (χ0v) is 19.6. The number of hydrogen-bond donors (Lipinski definition) is 0. The minimum Gasteiger partial charge on any atom is -0.493 e. The molecule has 8 heteroatoms. The molecule has 1 saturated heterocycles. The van der Waals surface area contributed by atoms with Gasteiger partial charge in [0.2, 0.25) is 17.6 Å². The lowest BCUT2D eigenvalue weighted by atomic mass is 10.1. The number of benzene rings is 1. The minimum absolute atomic E-state index is 0.131. The SMILES string of the molecule is CCN(CC)C(=O)CCCC(=O)N1CCN(Cc2ccc(OC)c(OC)c2OC)CC1. The van der Waals surface area contributed by atoms with Gasteiger partial charge in [-0.2, -0.15) is 0 Å². The number of piperazine rings is 1. The van der Waals surface area contributed by atoms with Crippen LogP contribution in [0.5, 0.6) is 17.2 Å². The summed E-state index contributed by atoms with van der Waals surface area (Å²) >= 11 is 0. The van der Waals surface area contributed by atoms with Crippen molar-refractivity contribution in [1.82, 2.24) is 14.7 Å². The molecule has 0 spiro atoms. The van der Waals surface area contributed by atoms with Gasteiger partial charge in [-0.25, -0.2) is 0 Å². The molecule has 2 amide bonds. The van der Waals surface area contributed by atoms with E-state index in [1.807, 2.05) is 35.8 Å². The first-order valence-corrected chi connectivity index (χ1v) is 11.0. The Hall–Kier alpha value is -2.48. The average molecular weight is 436 g/mol. The fourth-order valence-corrected chi connectivity index (χ4v) is 3.97. The van der Waals surface area contributed by atoms with Gasteiger partial charge in [-0.1, -0.05) is 6.07 Å². The predicted octanol–water partition coefficient (Wildman–Crippen LogP) is 2.40. The molecule has 1 aliphatic heterocycles. The number of amides is 2. The third-order valence-corrected chi connectivity index (χ3v) is 5.80. The fourth-order valence-electron chi connectivity index (χ4n) is 3.97. The van der Waals surface area contributed by atoms with Gasteiger partial charge in [0, 0.05) is 64.2 Å². The van der Waals surface area contributed by atoms with Crippen molar-refractivity contribution in [1.29, 1.82) is 0 Å². The van der Waals surface area contributed by atoms with Crippen LogP contribution in [0.1, 0.15) is 38.7 Å². The molecule has 0 aromatic heterocycles. The summed E-state index contributed by atoms with van der Waals surface area (Å²) in [5, 5.41) is 0. The molecule has 31 heavy (non-hydrogen) atoms. The van der Waals surface area contributed by atoms with E-state index in [2.05, 4.69) is 4.90 Å². The second-order valence-electron chi connectivity index (χ2n) is 7.57. The highest BCUT2D eigenvalue weighted by atomic mass is 16.5. The average Bonchev–Trinajstić information content (AvgIpc) is 2.79. The fraction of sp³-hybridized carbons (Fsp3) is 0.652. The first kappa shape index (κ1) is 24.8. The van der Waals surface area contributed by atoms with Crippen LogP contribution in [0, 0.1) is 0 Å². The number of nitrogens with zero attached hydrogens (tertiary/aromatic N) is 3.